The molecule has 4 saturated carbocycles. The van der Waals surface area contributed by atoms with Crippen LogP contribution in [0.15, 0.2) is 12.1 Å². The van der Waals surface area contributed by atoms with E-state index < -0.39 is 28.9 Å². The van der Waals surface area contributed by atoms with Gasteiger partial charge in [0.05, 0.1) is 42.2 Å². The van der Waals surface area contributed by atoms with Gasteiger partial charge in [0.15, 0.2) is 0 Å². The van der Waals surface area contributed by atoms with E-state index >= 15 is 0 Å². The number of aliphatic carboxylic acids is 1. The molecule has 4 atom stereocenters. The molecule has 0 spiro atoms. The first kappa shape index (κ1) is 29.2. The lowest BCUT2D eigenvalue weighted by molar-refractivity contribution is -0.150. The number of ether oxygens (including phenoxy) is 2. The smallest absolute Gasteiger partial charge is 0.309 e. The highest BCUT2D eigenvalue weighted by Crippen LogP contribution is 2.49. The van der Waals surface area contributed by atoms with Crippen LogP contribution < -0.4 is 20.1 Å². The van der Waals surface area contributed by atoms with Crippen molar-refractivity contribution in [1.82, 2.24) is 10.6 Å². The zero-order valence-electron chi connectivity index (χ0n) is 23.8. The minimum Gasteiger partial charge on any atom is -0.496 e. The van der Waals surface area contributed by atoms with Gasteiger partial charge in [0.2, 0.25) is 5.91 Å². The number of hydrogen-bond donors (Lipinski definition) is 3. The van der Waals surface area contributed by atoms with E-state index in [1.165, 1.54) is 19.2 Å². The Kier molecular flexibility index (Phi) is 8.18. The van der Waals surface area contributed by atoms with Gasteiger partial charge < -0.3 is 25.2 Å². The molecule has 4 aliphatic rings. The van der Waals surface area contributed by atoms with Gasteiger partial charge in [-0.3, -0.25) is 14.4 Å². The SMILES string of the molecule is COc1cc(C#N)c(OC2CCC(C)(C(=O)O)CC2)cc1C(=O)N[C@@H]1[C@H]2CC[C@H](C2)[C@@H]1C(=O)NCC1(F)CCCC1. The highest BCUT2D eigenvalue weighted by atomic mass is 19.1. The number of carbonyl (C=O) groups excluding carboxylic acids is 2. The van der Waals surface area contributed by atoms with Crippen LogP contribution in [0.4, 0.5) is 4.39 Å². The molecule has 1 aromatic carbocycles. The molecule has 0 heterocycles. The molecule has 2 bridgehead atoms. The van der Waals surface area contributed by atoms with Crippen LogP contribution in [-0.4, -0.2) is 54.4 Å². The fourth-order valence-electron chi connectivity index (χ4n) is 7.49. The van der Waals surface area contributed by atoms with Gasteiger partial charge in [-0.15, -0.1) is 0 Å². The second-order valence-corrected chi connectivity index (χ2v) is 12.8. The Balaban J connectivity index is 1.31. The number of alkyl halides is 1. The molecular weight excluding hydrogens is 529 g/mol. The summed E-state index contributed by atoms with van der Waals surface area (Å²) in [5, 5.41) is 25.2. The first-order valence-corrected chi connectivity index (χ1v) is 14.9. The molecule has 3 N–H and O–H groups in total. The van der Waals surface area contributed by atoms with Gasteiger partial charge >= 0.3 is 5.97 Å². The molecule has 0 saturated heterocycles. The molecule has 0 unspecified atom stereocenters. The molecular formula is C31H40FN3O6. The Labute approximate surface area is 240 Å². The molecule has 9 nitrogen and oxygen atoms in total. The minimum atomic E-state index is -1.34. The van der Waals surface area contributed by atoms with E-state index in [2.05, 4.69) is 16.7 Å². The maximum atomic E-state index is 14.9. The normalized spacial score (nSPS) is 31.7. The maximum Gasteiger partial charge on any atom is 0.309 e. The average molecular weight is 570 g/mol. The van der Waals surface area contributed by atoms with Crippen LogP contribution in [0.1, 0.15) is 93.5 Å². The molecule has 0 radical (unpaired) electrons. The van der Waals surface area contributed by atoms with E-state index in [9.17, 15) is 29.1 Å². The van der Waals surface area contributed by atoms with E-state index in [-0.39, 0.29) is 59.1 Å². The quantitative estimate of drug-likeness (QED) is 0.398. The van der Waals surface area contributed by atoms with Crippen LogP contribution in [0, 0.1) is 34.5 Å². The number of carboxylic acids is 1. The molecule has 4 fully saturated rings. The number of carboxylic acid groups (broad SMARTS) is 1. The van der Waals surface area contributed by atoms with Gasteiger partial charge in [-0.2, -0.15) is 5.26 Å². The lowest BCUT2D eigenvalue weighted by atomic mass is 9.75. The molecule has 41 heavy (non-hydrogen) atoms. The van der Waals surface area contributed by atoms with Crippen molar-refractivity contribution >= 4 is 17.8 Å². The summed E-state index contributed by atoms with van der Waals surface area (Å²) in [4.78, 5) is 38.6. The van der Waals surface area contributed by atoms with E-state index in [1.807, 2.05) is 0 Å². The first-order chi connectivity index (χ1) is 19.6. The van der Waals surface area contributed by atoms with Crippen LogP contribution in [0.2, 0.25) is 0 Å². The number of carbonyl (C=O) groups is 3. The Morgan fingerprint density at radius 2 is 1.76 bits per heavy atom. The number of nitriles is 1. The highest BCUT2D eigenvalue weighted by Gasteiger charge is 2.52. The van der Waals surface area contributed by atoms with Crippen molar-refractivity contribution in [2.75, 3.05) is 13.7 Å². The number of halogens is 1. The number of fused-ring (bicyclic) bond motifs is 2. The number of amides is 2. The number of hydrogen-bond acceptors (Lipinski definition) is 6. The Morgan fingerprint density at radius 1 is 1.07 bits per heavy atom. The average Bonchev–Trinajstić information content (AvgIpc) is 3.70. The standard InChI is InChI=1S/C31H40FN3O6/c1-30(29(38)39)11-7-21(8-12-30)41-23-15-22(24(40-2)14-20(23)16-33)27(36)35-26-19-6-5-18(13-19)25(26)28(37)34-17-31(32)9-3-4-10-31/h14-15,18-19,21,25-26H,3-13,17H2,1-2H3,(H,34,37)(H,35,36)(H,38,39)/t18-,19+,21?,25+,26-,30?/m1/s1. The van der Waals surface area contributed by atoms with E-state index in [0.717, 1.165) is 32.1 Å². The summed E-state index contributed by atoms with van der Waals surface area (Å²) in [7, 11) is 1.42. The van der Waals surface area contributed by atoms with E-state index in [1.54, 1.807) is 6.92 Å². The molecule has 2 amide bonds. The van der Waals surface area contributed by atoms with Crippen molar-refractivity contribution in [3.05, 3.63) is 23.3 Å². The third kappa shape index (κ3) is 5.86. The predicted octanol–water partition coefficient (Wildman–Crippen LogP) is 4.52. The summed E-state index contributed by atoms with van der Waals surface area (Å²) in [5.74, 6) is -1.10. The molecule has 0 aromatic heterocycles. The fourth-order valence-corrected chi connectivity index (χ4v) is 7.49. The number of rotatable bonds is 9. The van der Waals surface area contributed by atoms with Crippen LogP contribution in [-0.2, 0) is 9.59 Å². The molecule has 0 aliphatic heterocycles. The summed E-state index contributed by atoms with van der Waals surface area (Å²) < 4.78 is 26.6. The second kappa shape index (κ2) is 11.5. The zero-order valence-corrected chi connectivity index (χ0v) is 23.8. The third-order valence-corrected chi connectivity index (χ3v) is 10.1. The van der Waals surface area contributed by atoms with Crippen molar-refractivity contribution in [2.24, 2.45) is 23.2 Å². The molecule has 222 valence electrons. The Hall–Kier alpha value is -3.35. The summed E-state index contributed by atoms with van der Waals surface area (Å²) in [6.07, 6.45) is 6.94. The van der Waals surface area contributed by atoms with Crippen LogP contribution in [0.3, 0.4) is 0 Å². The molecule has 10 heteroatoms. The number of nitrogens with one attached hydrogen (secondary N) is 2. The largest absolute Gasteiger partial charge is 0.496 e. The van der Waals surface area contributed by atoms with Crippen molar-refractivity contribution in [3.8, 4) is 17.6 Å². The van der Waals surface area contributed by atoms with Gasteiger partial charge in [0.25, 0.3) is 5.91 Å². The third-order valence-electron chi connectivity index (χ3n) is 10.1. The lowest BCUT2D eigenvalue weighted by Gasteiger charge is -2.34. The summed E-state index contributed by atoms with van der Waals surface area (Å²) >= 11 is 0. The van der Waals surface area contributed by atoms with Crippen LogP contribution in [0.25, 0.3) is 0 Å². The number of methoxy groups -OCH3 is 1. The van der Waals surface area contributed by atoms with Crippen LogP contribution in [0.5, 0.6) is 11.5 Å². The van der Waals surface area contributed by atoms with Crippen molar-refractivity contribution in [2.45, 2.75) is 95.4 Å². The van der Waals surface area contributed by atoms with Crippen LogP contribution >= 0.6 is 0 Å². The molecule has 5 rings (SSSR count). The predicted molar refractivity (Wildman–Crippen MR) is 147 cm³/mol. The van der Waals surface area contributed by atoms with Crippen molar-refractivity contribution < 1.29 is 33.4 Å². The van der Waals surface area contributed by atoms with E-state index in [4.69, 9.17) is 9.47 Å². The van der Waals surface area contributed by atoms with Gasteiger partial charge in [-0.1, -0.05) is 12.8 Å². The van der Waals surface area contributed by atoms with E-state index in [0.29, 0.717) is 38.5 Å². The van der Waals surface area contributed by atoms with Crippen molar-refractivity contribution in [1.29, 1.82) is 5.26 Å². The number of benzene rings is 1. The first-order valence-electron chi connectivity index (χ1n) is 14.9. The van der Waals surface area contributed by atoms with Gasteiger partial charge in [0, 0.05) is 12.1 Å². The zero-order chi connectivity index (χ0) is 29.4. The minimum absolute atomic E-state index is 0.0112. The van der Waals surface area contributed by atoms with Gasteiger partial charge in [0.1, 0.15) is 23.2 Å². The summed E-state index contributed by atoms with van der Waals surface area (Å²) in [5.41, 5.74) is -1.73. The lowest BCUT2D eigenvalue weighted by Crippen LogP contribution is -2.51. The fraction of sp³-hybridized carbons (Fsp3) is 0.677. The van der Waals surface area contributed by atoms with Crippen molar-refractivity contribution in [3.63, 3.8) is 0 Å². The molecule has 4 aliphatic carbocycles. The Bertz CT molecular complexity index is 1230. The second-order valence-electron chi connectivity index (χ2n) is 12.8. The topological polar surface area (TPSA) is 138 Å². The summed E-state index contributed by atoms with van der Waals surface area (Å²) in [6, 6.07) is 4.71. The maximum absolute atomic E-state index is 14.9. The monoisotopic (exact) mass is 569 g/mol. The van der Waals surface area contributed by atoms with Gasteiger partial charge in [-0.05, 0) is 82.6 Å². The Morgan fingerprint density at radius 3 is 2.39 bits per heavy atom. The van der Waals surface area contributed by atoms with Gasteiger partial charge in [-0.25, -0.2) is 4.39 Å². The molecule has 1 aromatic rings. The summed E-state index contributed by atoms with van der Waals surface area (Å²) in [6.45, 7) is 1.74. The number of nitrogens with zero attached hydrogens (tertiary/aromatic N) is 1. The highest BCUT2D eigenvalue weighted by molar-refractivity contribution is 5.98.